The summed E-state index contributed by atoms with van der Waals surface area (Å²) >= 11 is 5.65. The molecule has 0 aromatic heterocycles. The first-order valence-electron chi connectivity index (χ1n) is 5.03. The largest absolute Gasteiger partial charge is 0.314 e. The Bertz CT molecular complexity index is 91.8. The van der Waals surface area contributed by atoms with Gasteiger partial charge < -0.3 is 5.32 Å². The standard InChI is InChI=1S/C10H22ClN/c1-4-10(5-2)12-8-9(3)6-7-11/h9-10,12H,4-8H2,1-3H3. The molecule has 0 rings (SSSR count). The van der Waals surface area contributed by atoms with Crippen LogP contribution >= 0.6 is 11.6 Å². The lowest BCUT2D eigenvalue weighted by Crippen LogP contribution is -2.31. The Kier molecular flexibility index (Phi) is 8.04. The van der Waals surface area contributed by atoms with Crippen molar-refractivity contribution in [3.8, 4) is 0 Å². The highest BCUT2D eigenvalue weighted by Crippen LogP contribution is 2.03. The van der Waals surface area contributed by atoms with E-state index in [-0.39, 0.29) is 0 Å². The highest BCUT2D eigenvalue weighted by atomic mass is 35.5. The Morgan fingerprint density at radius 1 is 1.25 bits per heavy atom. The van der Waals surface area contributed by atoms with Gasteiger partial charge in [-0.25, -0.2) is 0 Å². The van der Waals surface area contributed by atoms with E-state index in [1.54, 1.807) is 0 Å². The zero-order chi connectivity index (χ0) is 9.40. The van der Waals surface area contributed by atoms with E-state index in [1.165, 1.54) is 12.8 Å². The lowest BCUT2D eigenvalue weighted by Gasteiger charge is -2.17. The minimum absolute atomic E-state index is 0.697. The fourth-order valence-corrected chi connectivity index (χ4v) is 1.61. The van der Waals surface area contributed by atoms with E-state index in [1.807, 2.05) is 0 Å². The molecule has 1 unspecified atom stereocenters. The third-order valence-corrected chi connectivity index (χ3v) is 2.56. The maximum absolute atomic E-state index is 5.65. The SMILES string of the molecule is CCC(CC)NCC(C)CCCl. The molecule has 0 aromatic rings. The number of rotatable bonds is 7. The molecule has 0 saturated carbocycles. The summed E-state index contributed by atoms with van der Waals surface area (Å²) in [5, 5.41) is 3.55. The van der Waals surface area contributed by atoms with E-state index in [2.05, 4.69) is 26.1 Å². The molecule has 0 aromatic carbocycles. The molecule has 1 N–H and O–H groups in total. The van der Waals surface area contributed by atoms with E-state index in [4.69, 9.17) is 11.6 Å². The first-order valence-corrected chi connectivity index (χ1v) is 5.57. The van der Waals surface area contributed by atoms with Gasteiger partial charge in [-0.05, 0) is 31.7 Å². The smallest absolute Gasteiger partial charge is 0.0226 e. The normalized spacial score (nSPS) is 13.8. The van der Waals surface area contributed by atoms with Crippen LogP contribution in [0, 0.1) is 5.92 Å². The lowest BCUT2D eigenvalue weighted by molar-refractivity contribution is 0.422. The van der Waals surface area contributed by atoms with Crippen molar-refractivity contribution in [2.75, 3.05) is 12.4 Å². The Morgan fingerprint density at radius 2 is 1.83 bits per heavy atom. The third kappa shape index (κ3) is 5.84. The molecule has 0 spiro atoms. The van der Waals surface area contributed by atoms with Crippen LogP contribution in [0.2, 0.25) is 0 Å². The van der Waals surface area contributed by atoms with Crippen LogP contribution in [0.3, 0.4) is 0 Å². The predicted octanol–water partition coefficient (Wildman–Crippen LogP) is 3.03. The Hall–Kier alpha value is 0.250. The second kappa shape index (κ2) is 7.88. The van der Waals surface area contributed by atoms with Gasteiger partial charge >= 0.3 is 0 Å². The van der Waals surface area contributed by atoms with Crippen molar-refractivity contribution in [1.82, 2.24) is 5.32 Å². The molecule has 0 aliphatic heterocycles. The van der Waals surface area contributed by atoms with Crippen LogP contribution < -0.4 is 5.32 Å². The molecule has 0 bridgehead atoms. The summed E-state index contributed by atoms with van der Waals surface area (Å²) in [5.74, 6) is 1.49. The molecule has 1 atom stereocenters. The molecule has 74 valence electrons. The molecule has 0 amide bonds. The van der Waals surface area contributed by atoms with Gasteiger partial charge in [-0.1, -0.05) is 20.8 Å². The zero-order valence-corrected chi connectivity index (χ0v) is 9.32. The number of halogens is 1. The van der Waals surface area contributed by atoms with E-state index in [0.717, 1.165) is 18.8 Å². The van der Waals surface area contributed by atoms with Crippen molar-refractivity contribution < 1.29 is 0 Å². The zero-order valence-electron chi connectivity index (χ0n) is 8.57. The Balaban J connectivity index is 3.37. The van der Waals surface area contributed by atoms with Gasteiger partial charge in [0.25, 0.3) is 0 Å². The van der Waals surface area contributed by atoms with Crippen molar-refractivity contribution in [3.63, 3.8) is 0 Å². The van der Waals surface area contributed by atoms with Crippen molar-refractivity contribution in [3.05, 3.63) is 0 Å². The van der Waals surface area contributed by atoms with Crippen molar-refractivity contribution in [1.29, 1.82) is 0 Å². The first-order chi connectivity index (χ1) is 5.74. The summed E-state index contributed by atoms with van der Waals surface area (Å²) in [6.07, 6.45) is 3.57. The third-order valence-electron chi connectivity index (χ3n) is 2.34. The maximum atomic E-state index is 5.65. The minimum atomic E-state index is 0.697. The van der Waals surface area contributed by atoms with E-state index in [9.17, 15) is 0 Å². The highest BCUT2D eigenvalue weighted by molar-refractivity contribution is 6.17. The van der Waals surface area contributed by atoms with Crippen LogP contribution in [0.4, 0.5) is 0 Å². The molecule has 2 heteroatoms. The van der Waals surface area contributed by atoms with Gasteiger partial charge in [-0.2, -0.15) is 0 Å². The first kappa shape index (κ1) is 12.2. The van der Waals surface area contributed by atoms with E-state index >= 15 is 0 Å². The molecule has 12 heavy (non-hydrogen) atoms. The van der Waals surface area contributed by atoms with Gasteiger partial charge in [0.1, 0.15) is 0 Å². The fraction of sp³-hybridized carbons (Fsp3) is 1.00. The fourth-order valence-electron chi connectivity index (χ4n) is 1.23. The molecule has 0 aliphatic carbocycles. The number of nitrogens with one attached hydrogen (secondary N) is 1. The summed E-state index contributed by atoms with van der Waals surface area (Å²) in [6.45, 7) is 7.82. The van der Waals surface area contributed by atoms with Gasteiger partial charge in [0.15, 0.2) is 0 Å². The highest BCUT2D eigenvalue weighted by Gasteiger charge is 2.05. The van der Waals surface area contributed by atoms with Crippen LogP contribution in [-0.2, 0) is 0 Å². The molecule has 0 saturated heterocycles. The maximum Gasteiger partial charge on any atom is 0.0226 e. The quantitative estimate of drug-likeness (QED) is 0.611. The molecular formula is C10H22ClN. The summed E-state index contributed by atoms with van der Waals surface area (Å²) in [6, 6.07) is 0.697. The second-order valence-electron chi connectivity index (χ2n) is 3.50. The summed E-state index contributed by atoms with van der Waals surface area (Å²) < 4.78 is 0. The molecule has 0 fully saturated rings. The Labute approximate surface area is 81.9 Å². The monoisotopic (exact) mass is 191 g/mol. The number of hydrogen-bond acceptors (Lipinski definition) is 1. The van der Waals surface area contributed by atoms with Crippen molar-refractivity contribution >= 4 is 11.6 Å². The van der Waals surface area contributed by atoms with Gasteiger partial charge in [-0.15, -0.1) is 11.6 Å². The van der Waals surface area contributed by atoms with E-state index < -0.39 is 0 Å². The second-order valence-corrected chi connectivity index (χ2v) is 3.88. The summed E-state index contributed by atoms with van der Waals surface area (Å²) in [4.78, 5) is 0. The molecule has 0 radical (unpaired) electrons. The van der Waals surface area contributed by atoms with Gasteiger partial charge in [0.2, 0.25) is 0 Å². The average molecular weight is 192 g/mol. The molecule has 0 heterocycles. The topological polar surface area (TPSA) is 12.0 Å². The summed E-state index contributed by atoms with van der Waals surface area (Å²) in [7, 11) is 0. The number of hydrogen-bond donors (Lipinski definition) is 1. The van der Waals surface area contributed by atoms with Crippen molar-refractivity contribution in [2.24, 2.45) is 5.92 Å². The van der Waals surface area contributed by atoms with Gasteiger partial charge in [-0.3, -0.25) is 0 Å². The van der Waals surface area contributed by atoms with Crippen LogP contribution in [-0.4, -0.2) is 18.5 Å². The van der Waals surface area contributed by atoms with Crippen molar-refractivity contribution in [2.45, 2.75) is 46.1 Å². The van der Waals surface area contributed by atoms with Crippen LogP contribution in [0.25, 0.3) is 0 Å². The minimum Gasteiger partial charge on any atom is -0.314 e. The van der Waals surface area contributed by atoms with Gasteiger partial charge in [0, 0.05) is 11.9 Å². The lowest BCUT2D eigenvalue weighted by atomic mass is 10.1. The van der Waals surface area contributed by atoms with E-state index in [0.29, 0.717) is 12.0 Å². The molecule has 0 aliphatic rings. The molecule has 1 nitrogen and oxygen atoms in total. The van der Waals surface area contributed by atoms with Crippen LogP contribution in [0.5, 0.6) is 0 Å². The number of alkyl halides is 1. The predicted molar refractivity (Wildman–Crippen MR) is 56.9 cm³/mol. The average Bonchev–Trinajstić information content (AvgIpc) is 2.07. The Morgan fingerprint density at radius 3 is 2.25 bits per heavy atom. The van der Waals surface area contributed by atoms with Crippen LogP contribution in [0.1, 0.15) is 40.0 Å². The summed E-state index contributed by atoms with van der Waals surface area (Å²) in [5.41, 5.74) is 0. The van der Waals surface area contributed by atoms with Crippen LogP contribution in [0.15, 0.2) is 0 Å². The van der Waals surface area contributed by atoms with Gasteiger partial charge in [0.05, 0.1) is 0 Å². The molecular weight excluding hydrogens is 170 g/mol.